The van der Waals surface area contributed by atoms with E-state index in [0.29, 0.717) is 18.2 Å². The Labute approximate surface area is 103 Å². The number of fused-ring (bicyclic) bond motifs is 1. The Bertz CT molecular complexity index is 482. The van der Waals surface area contributed by atoms with Crippen LogP contribution in [-0.4, -0.2) is 11.7 Å². The third kappa shape index (κ3) is 2.16. The first kappa shape index (κ1) is 12.0. The zero-order chi connectivity index (χ0) is 12.4. The smallest absolute Gasteiger partial charge is 0.120 e. The molecule has 2 unspecified atom stereocenters. The van der Waals surface area contributed by atoms with Crippen molar-refractivity contribution in [2.75, 3.05) is 6.54 Å². The Kier molecular flexibility index (Phi) is 3.40. The first-order chi connectivity index (χ1) is 8.15. The molecular weight excluding hydrogens is 210 g/mol. The number of aryl methyl sites for hydroxylation is 1. The van der Waals surface area contributed by atoms with Crippen LogP contribution in [0.5, 0.6) is 5.75 Å². The van der Waals surface area contributed by atoms with E-state index < -0.39 is 0 Å². The maximum Gasteiger partial charge on any atom is 0.120 e. The molecule has 0 fully saturated rings. The Morgan fingerprint density at radius 2 is 2.18 bits per heavy atom. The maximum atomic E-state index is 10.0. The molecule has 0 amide bonds. The highest BCUT2D eigenvalue weighted by atomic mass is 16.3. The highest BCUT2D eigenvalue weighted by Gasteiger charge is 2.31. The summed E-state index contributed by atoms with van der Waals surface area (Å²) in [4.78, 5) is 0. The molecular formula is C15H19NO. The van der Waals surface area contributed by atoms with Gasteiger partial charge in [-0.25, -0.2) is 0 Å². The van der Waals surface area contributed by atoms with Crippen molar-refractivity contribution in [1.82, 2.24) is 5.32 Å². The summed E-state index contributed by atoms with van der Waals surface area (Å²) in [6.07, 6.45) is 1.04. The van der Waals surface area contributed by atoms with E-state index in [9.17, 15) is 5.11 Å². The normalized spacial score (nSPS) is 21.8. The minimum absolute atomic E-state index is 0.237. The van der Waals surface area contributed by atoms with Gasteiger partial charge in [-0.1, -0.05) is 18.9 Å². The average Bonchev–Trinajstić information content (AvgIpc) is 2.63. The third-order valence-corrected chi connectivity index (χ3v) is 3.53. The van der Waals surface area contributed by atoms with Crippen LogP contribution in [0.15, 0.2) is 12.1 Å². The zero-order valence-electron chi connectivity index (χ0n) is 10.7. The van der Waals surface area contributed by atoms with Gasteiger partial charge in [-0.05, 0) is 43.4 Å². The van der Waals surface area contributed by atoms with Gasteiger partial charge in [-0.15, -0.1) is 5.92 Å². The van der Waals surface area contributed by atoms with E-state index in [1.54, 1.807) is 6.07 Å². The molecule has 1 aliphatic carbocycles. The minimum Gasteiger partial charge on any atom is -0.508 e. The van der Waals surface area contributed by atoms with Gasteiger partial charge >= 0.3 is 0 Å². The molecule has 2 nitrogen and oxygen atoms in total. The van der Waals surface area contributed by atoms with Gasteiger partial charge in [0, 0.05) is 11.6 Å². The summed E-state index contributed by atoms with van der Waals surface area (Å²) < 4.78 is 0. The predicted octanol–water partition coefficient (Wildman–Crippen LogP) is 2.86. The number of phenolic OH excluding ortho intramolecular Hbond substituents is 1. The lowest BCUT2D eigenvalue weighted by molar-refractivity contribution is 0.452. The third-order valence-electron chi connectivity index (χ3n) is 3.53. The summed E-state index contributed by atoms with van der Waals surface area (Å²) in [5.41, 5.74) is 3.67. The SMILES string of the molecule is CC#CCNC1CC(C)c2c(C)ccc(O)c21. The minimum atomic E-state index is 0.237. The Hall–Kier alpha value is -1.46. The lowest BCUT2D eigenvalue weighted by Gasteiger charge is -2.14. The summed E-state index contributed by atoms with van der Waals surface area (Å²) in [6.45, 7) is 6.86. The molecule has 0 saturated carbocycles. The van der Waals surface area contributed by atoms with Crippen LogP contribution in [0.25, 0.3) is 0 Å². The van der Waals surface area contributed by atoms with Crippen LogP contribution in [0.3, 0.4) is 0 Å². The van der Waals surface area contributed by atoms with Gasteiger partial charge in [0.05, 0.1) is 6.54 Å². The van der Waals surface area contributed by atoms with Crippen molar-refractivity contribution in [2.24, 2.45) is 0 Å². The van der Waals surface area contributed by atoms with E-state index in [1.165, 1.54) is 11.1 Å². The van der Waals surface area contributed by atoms with Gasteiger partial charge in [-0.2, -0.15) is 0 Å². The van der Waals surface area contributed by atoms with Crippen LogP contribution in [0.1, 0.15) is 48.9 Å². The molecule has 90 valence electrons. The molecule has 0 saturated heterocycles. The molecule has 2 N–H and O–H groups in total. The number of rotatable bonds is 2. The molecule has 0 heterocycles. The van der Waals surface area contributed by atoms with Gasteiger partial charge < -0.3 is 5.11 Å². The van der Waals surface area contributed by atoms with Crippen molar-refractivity contribution < 1.29 is 5.11 Å². The van der Waals surface area contributed by atoms with Crippen molar-refractivity contribution in [3.05, 3.63) is 28.8 Å². The number of benzene rings is 1. The summed E-state index contributed by atoms with van der Waals surface area (Å²) >= 11 is 0. The number of hydrogen-bond donors (Lipinski definition) is 2. The quantitative estimate of drug-likeness (QED) is 0.764. The van der Waals surface area contributed by atoms with Crippen molar-refractivity contribution in [3.63, 3.8) is 0 Å². The molecule has 0 spiro atoms. The summed E-state index contributed by atoms with van der Waals surface area (Å²) in [5.74, 6) is 6.81. The highest BCUT2D eigenvalue weighted by Crippen LogP contribution is 2.45. The van der Waals surface area contributed by atoms with Gasteiger partial charge in [-0.3, -0.25) is 5.32 Å². The van der Waals surface area contributed by atoms with Gasteiger partial charge in [0.1, 0.15) is 5.75 Å². The highest BCUT2D eigenvalue weighted by molar-refractivity contribution is 5.50. The van der Waals surface area contributed by atoms with E-state index in [-0.39, 0.29) is 6.04 Å². The number of phenols is 1. The predicted molar refractivity (Wildman–Crippen MR) is 70.1 cm³/mol. The Balaban J connectivity index is 2.31. The molecule has 2 atom stereocenters. The summed E-state index contributed by atoms with van der Waals surface area (Å²) in [7, 11) is 0. The van der Waals surface area contributed by atoms with E-state index >= 15 is 0 Å². The molecule has 2 rings (SSSR count). The second kappa shape index (κ2) is 4.81. The largest absolute Gasteiger partial charge is 0.508 e. The molecule has 1 aliphatic rings. The molecule has 1 aromatic rings. The van der Waals surface area contributed by atoms with E-state index in [4.69, 9.17) is 0 Å². The van der Waals surface area contributed by atoms with Crippen molar-refractivity contribution in [2.45, 2.75) is 39.2 Å². The van der Waals surface area contributed by atoms with Crippen molar-refractivity contribution in [3.8, 4) is 17.6 Å². The average molecular weight is 229 g/mol. The second-order valence-electron chi connectivity index (χ2n) is 4.73. The first-order valence-electron chi connectivity index (χ1n) is 6.10. The van der Waals surface area contributed by atoms with E-state index in [1.807, 2.05) is 13.0 Å². The van der Waals surface area contributed by atoms with Crippen LogP contribution < -0.4 is 5.32 Å². The van der Waals surface area contributed by atoms with Gasteiger partial charge in [0.15, 0.2) is 0 Å². The van der Waals surface area contributed by atoms with Crippen LogP contribution >= 0.6 is 0 Å². The lowest BCUT2D eigenvalue weighted by Crippen LogP contribution is -2.19. The fourth-order valence-corrected chi connectivity index (χ4v) is 2.79. The lowest BCUT2D eigenvalue weighted by atomic mass is 9.97. The number of nitrogens with one attached hydrogen (secondary N) is 1. The summed E-state index contributed by atoms with van der Waals surface area (Å²) in [5, 5.41) is 13.4. The van der Waals surface area contributed by atoms with Crippen LogP contribution in [0.4, 0.5) is 0 Å². The fourth-order valence-electron chi connectivity index (χ4n) is 2.79. The van der Waals surface area contributed by atoms with Crippen molar-refractivity contribution in [1.29, 1.82) is 0 Å². The monoisotopic (exact) mass is 229 g/mol. The second-order valence-corrected chi connectivity index (χ2v) is 4.73. The Morgan fingerprint density at radius 3 is 2.88 bits per heavy atom. The standard InChI is InChI=1S/C15H19NO/c1-4-5-8-16-12-9-11(3)14-10(2)6-7-13(17)15(12)14/h6-7,11-12,16-17H,8-9H2,1-3H3. The van der Waals surface area contributed by atoms with E-state index in [0.717, 1.165) is 12.0 Å². The zero-order valence-corrected chi connectivity index (χ0v) is 10.7. The first-order valence-corrected chi connectivity index (χ1v) is 6.10. The number of aromatic hydroxyl groups is 1. The fraction of sp³-hybridized carbons (Fsp3) is 0.467. The molecule has 2 heteroatoms. The molecule has 0 bridgehead atoms. The van der Waals surface area contributed by atoms with Crippen LogP contribution in [0, 0.1) is 18.8 Å². The van der Waals surface area contributed by atoms with Gasteiger partial charge in [0.25, 0.3) is 0 Å². The van der Waals surface area contributed by atoms with Gasteiger partial charge in [0.2, 0.25) is 0 Å². The van der Waals surface area contributed by atoms with Crippen LogP contribution in [0.2, 0.25) is 0 Å². The molecule has 17 heavy (non-hydrogen) atoms. The topological polar surface area (TPSA) is 32.3 Å². The van der Waals surface area contributed by atoms with Crippen LogP contribution in [-0.2, 0) is 0 Å². The van der Waals surface area contributed by atoms with E-state index in [2.05, 4.69) is 31.0 Å². The molecule has 1 aromatic carbocycles. The molecule has 0 aliphatic heterocycles. The molecule has 0 radical (unpaired) electrons. The summed E-state index contributed by atoms with van der Waals surface area (Å²) in [6, 6.07) is 4.03. The Morgan fingerprint density at radius 1 is 1.41 bits per heavy atom. The molecule has 0 aromatic heterocycles. The number of hydrogen-bond acceptors (Lipinski definition) is 2. The van der Waals surface area contributed by atoms with Crippen molar-refractivity contribution >= 4 is 0 Å². The maximum absolute atomic E-state index is 10.0.